The number of hydrogen-bond donors (Lipinski definition) is 0. The Morgan fingerprint density at radius 3 is 2.52 bits per heavy atom. The molecule has 0 spiro atoms. The summed E-state index contributed by atoms with van der Waals surface area (Å²) in [6, 6.07) is 12.2. The summed E-state index contributed by atoms with van der Waals surface area (Å²) in [6.07, 6.45) is 4.09. The SMILES string of the molecule is CN(C)CCc1cn(S(=O)(=O)c2ccccc2)c2ncccc12. The fourth-order valence-corrected chi connectivity index (χ4v) is 3.90. The van der Waals surface area contributed by atoms with Gasteiger partial charge in [-0.3, -0.25) is 0 Å². The number of rotatable bonds is 5. The molecule has 0 aliphatic carbocycles. The van der Waals surface area contributed by atoms with Gasteiger partial charge in [0.1, 0.15) is 0 Å². The molecule has 0 aliphatic heterocycles. The molecule has 23 heavy (non-hydrogen) atoms. The quantitative estimate of drug-likeness (QED) is 0.721. The average Bonchev–Trinajstić information content (AvgIpc) is 2.93. The number of likely N-dealkylation sites (N-methyl/N-ethyl adjacent to an activating group) is 1. The van der Waals surface area contributed by atoms with Crippen LogP contribution < -0.4 is 0 Å². The minimum Gasteiger partial charge on any atom is -0.309 e. The Balaban J connectivity index is 2.15. The molecule has 6 heteroatoms. The van der Waals surface area contributed by atoms with E-state index in [1.54, 1.807) is 42.7 Å². The minimum absolute atomic E-state index is 0.265. The van der Waals surface area contributed by atoms with E-state index in [2.05, 4.69) is 9.88 Å². The van der Waals surface area contributed by atoms with Gasteiger partial charge in [-0.25, -0.2) is 17.4 Å². The van der Waals surface area contributed by atoms with Crippen LogP contribution in [0.3, 0.4) is 0 Å². The molecule has 0 N–H and O–H groups in total. The molecule has 0 fully saturated rings. The Labute approximate surface area is 136 Å². The third-order valence-corrected chi connectivity index (χ3v) is 5.41. The van der Waals surface area contributed by atoms with Crippen molar-refractivity contribution >= 4 is 21.1 Å². The smallest absolute Gasteiger partial charge is 0.269 e. The Morgan fingerprint density at radius 1 is 1.09 bits per heavy atom. The molecule has 1 aromatic carbocycles. The number of pyridine rings is 1. The summed E-state index contributed by atoms with van der Waals surface area (Å²) in [4.78, 5) is 6.63. The first-order valence-electron chi connectivity index (χ1n) is 7.40. The highest BCUT2D eigenvalue weighted by Crippen LogP contribution is 2.24. The highest BCUT2D eigenvalue weighted by atomic mass is 32.2. The topological polar surface area (TPSA) is 55.2 Å². The van der Waals surface area contributed by atoms with Gasteiger partial charge in [-0.15, -0.1) is 0 Å². The van der Waals surface area contributed by atoms with Crippen LogP contribution in [-0.2, 0) is 16.4 Å². The van der Waals surface area contributed by atoms with E-state index in [4.69, 9.17) is 0 Å². The van der Waals surface area contributed by atoms with Crippen LogP contribution in [0.2, 0.25) is 0 Å². The molecule has 3 aromatic rings. The van der Waals surface area contributed by atoms with Gasteiger partial charge >= 0.3 is 0 Å². The summed E-state index contributed by atoms with van der Waals surface area (Å²) in [6.45, 7) is 0.847. The molecular formula is C17H19N3O2S. The summed E-state index contributed by atoms with van der Waals surface area (Å²) < 4.78 is 27.1. The van der Waals surface area contributed by atoms with Gasteiger partial charge in [0.25, 0.3) is 10.0 Å². The normalized spacial score (nSPS) is 12.1. The van der Waals surface area contributed by atoms with E-state index in [1.807, 2.05) is 26.2 Å². The van der Waals surface area contributed by atoms with Gasteiger partial charge in [0.05, 0.1) is 4.90 Å². The molecule has 2 heterocycles. The van der Waals surface area contributed by atoms with Crippen molar-refractivity contribution in [3.63, 3.8) is 0 Å². The second-order valence-electron chi connectivity index (χ2n) is 5.70. The van der Waals surface area contributed by atoms with Gasteiger partial charge in [-0.05, 0) is 50.3 Å². The predicted molar refractivity (Wildman–Crippen MR) is 91.0 cm³/mol. The monoisotopic (exact) mass is 329 g/mol. The number of benzene rings is 1. The predicted octanol–water partition coefficient (Wildman–Crippen LogP) is 2.38. The largest absolute Gasteiger partial charge is 0.309 e. The summed E-state index contributed by atoms with van der Waals surface area (Å²) in [7, 11) is 0.354. The molecule has 0 amide bonds. The summed E-state index contributed by atoms with van der Waals surface area (Å²) in [5.74, 6) is 0. The van der Waals surface area contributed by atoms with E-state index in [9.17, 15) is 8.42 Å². The van der Waals surface area contributed by atoms with Crippen molar-refractivity contribution in [3.05, 3.63) is 60.4 Å². The van der Waals surface area contributed by atoms with Crippen LogP contribution in [0.4, 0.5) is 0 Å². The molecule has 0 bridgehead atoms. The van der Waals surface area contributed by atoms with Gasteiger partial charge in [0.2, 0.25) is 0 Å². The number of nitrogens with zero attached hydrogens (tertiary/aromatic N) is 3. The zero-order chi connectivity index (χ0) is 16.4. The van der Waals surface area contributed by atoms with E-state index in [1.165, 1.54) is 3.97 Å². The van der Waals surface area contributed by atoms with Crippen molar-refractivity contribution in [2.45, 2.75) is 11.3 Å². The van der Waals surface area contributed by atoms with Crippen molar-refractivity contribution in [2.24, 2.45) is 0 Å². The molecule has 0 aliphatic rings. The third kappa shape index (κ3) is 3.00. The molecule has 0 atom stereocenters. The lowest BCUT2D eigenvalue weighted by Crippen LogP contribution is -2.15. The van der Waals surface area contributed by atoms with E-state index < -0.39 is 10.0 Å². The Bertz CT molecular complexity index is 915. The molecule has 120 valence electrons. The van der Waals surface area contributed by atoms with Crippen molar-refractivity contribution in [3.8, 4) is 0 Å². The summed E-state index contributed by atoms with van der Waals surface area (Å²) >= 11 is 0. The Kier molecular flexibility index (Phi) is 4.19. The first kappa shape index (κ1) is 15.7. The maximum Gasteiger partial charge on any atom is 0.269 e. The van der Waals surface area contributed by atoms with E-state index in [-0.39, 0.29) is 4.90 Å². The minimum atomic E-state index is -3.64. The standard InChI is InChI=1S/C17H19N3O2S/c1-19(2)12-10-14-13-20(17-16(14)9-6-11-18-17)23(21,22)15-7-4-3-5-8-15/h3-9,11,13H,10,12H2,1-2H3. The maximum absolute atomic E-state index is 12.9. The van der Waals surface area contributed by atoms with Crippen LogP contribution in [0.15, 0.2) is 59.8 Å². The van der Waals surface area contributed by atoms with E-state index >= 15 is 0 Å². The van der Waals surface area contributed by atoms with Crippen LogP contribution in [0.5, 0.6) is 0 Å². The van der Waals surface area contributed by atoms with Crippen molar-refractivity contribution in [1.82, 2.24) is 13.9 Å². The zero-order valence-electron chi connectivity index (χ0n) is 13.2. The van der Waals surface area contributed by atoms with Crippen LogP contribution in [-0.4, -0.2) is 42.9 Å². The molecule has 5 nitrogen and oxygen atoms in total. The molecule has 0 saturated carbocycles. The van der Waals surface area contributed by atoms with Gasteiger partial charge in [0, 0.05) is 24.3 Å². The maximum atomic E-state index is 12.9. The third-order valence-electron chi connectivity index (χ3n) is 3.74. The lowest BCUT2D eigenvalue weighted by Gasteiger charge is -2.08. The number of hydrogen-bond acceptors (Lipinski definition) is 4. The highest BCUT2D eigenvalue weighted by Gasteiger charge is 2.21. The summed E-state index contributed by atoms with van der Waals surface area (Å²) in [5, 5.41) is 0.883. The van der Waals surface area contributed by atoms with Crippen LogP contribution in [0, 0.1) is 0 Å². The van der Waals surface area contributed by atoms with Gasteiger partial charge in [-0.2, -0.15) is 0 Å². The second-order valence-corrected chi connectivity index (χ2v) is 7.51. The first-order chi connectivity index (χ1) is 11.0. The van der Waals surface area contributed by atoms with Crippen molar-refractivity contribution in [1.29, 1.82) is 0 Å². The van der Waals surface area contributed by atoms with E-state index in [0.717, 1.165) is 23.9 Å². The second kappa shape index (κ2) is 6.14. The average molecular weight is 329 g/mol. The highest BCUT2D eigenvalue weighted by molar-refractivity contribution is 7.90. The molecular weight excluding hydrogens is 310 g/mol. The fourth-order valence-electron chi connectivity index (χ4n) is 2.53. The molecule has 3 rings (SSSR count). The molecule has 2 aromatic heterocycles. The molecule has 0 radical (unpaired) electrons. The lowest BCUT2D eigenvalue weighted by molar-refractivity contribution is 0.414. The van der Waals surface area contributed by atoms with Crippen LogP contribution in [0.25, 0.3) is 11.0 Å². The number of aromatic nitrogens is 2. The Hall–Kier alpha value is -2.18. The van der Waals surface area contributed by atoms with E-state index in [0.29, 0.717) is 5.65 Å². The van der Waals surface area contributed by atoms with Crippen molar-refractivity contribution in [2.75, 3.05) is 20.6 Å². The van der Waals surface area contributed by atoms with Gasteiger partial charge < -0.3 is 4.90 Å². The van der Waals surface area contributed by atoms with Crippen LogP contribution in [0.1, 0.15) is 5.56 Å². The molecule has 0 unspecified atom stereocenters. The molecule has 0 saturated heterocycles. The van der Waals surface area contributed by atoms with Crippen molar-refractivity contribution < 1.29 is 8.42 Å². The van der Waals surface area contributed by atoms with Gasteiger partial charge in [-0.1, -0.05) is 18.2 Å². The van der Waals surface area contributed by atoms with Crippen LogP contribution >= 0.6 is 0 Å². The zero-order valence-corrected chi connectivity index (χ0v) is 14.0. The summed E-state index contributed by atoms with van der Waals surface area (Å²) in [5.41, 5.74) is 1.46. The lowest BCUT2D eigenvalue weighted by atomic mass is 10.1. The fraction of sp³-hybridized carbons (Fsp3) is 0.235. The van der Waals surface area contributed by atoms with Gasteiger partial charge in [0.15, 0.2) is 5.65 Å². The Morgan fingerprint density at radius 2 is 1.83 bits per heavy atom. The first-order valence-corrected chi connectivity index (χ1v) is 8.84. The number of fused-ring (bicyclic) bond motifs is 1.